The predicted octanol–water partition coefficient (Wildman–Crippen LogP) is 1.81. The number of fused-ring (bicyclic) bond motifs is 5. The second-order valence-corrected chi connectivity index (χ2v) is 10.7. The maximum atomic E-state index is 13.1. The molecular formula is C27H36N2O8. The number of nitrogens with one attached hydrogen (secondary N) is 1. The van der Waals surface area contributed by atoms with Crippen molar-refractivity contribution >= 4 is 17.7 Å². The van der Waals surface area contributed by atoms with E-state index in [1.165, 1.54) is 11.0 Å². The summed E-state index contributed by atoms with van der Waals surface area (Å²) >= 11 is 0. The maximum absolute atomic E-state index is 13.1. The molecule has 0 saturated carbocycles. The van der Waals surface area contributed by atoms with E-state index in [0.717, 1.165) is 11.1 Å². The van der Waals surface area contributed by atoms with E-state index in [1.807, 2.05) is 13.0 Å². The Morgan fingerprint density at radius 3 is 2.59 bits per heavy atom. The number of alkyl carbamates (subject to hydrolysis) is 1. The summed E-state index contributed by atoms with van der Waals surface area (Å²) in [7, 11) is 1.60. The first-order valence-electron chi connectivity index (χ1n) is 12.4. The van der Waals surface area contributed by atoms with Gasteiger partial charge in [-0.1, -0.05) is 30.7 Å². The molecule has 3 heterocycles. The molecule has 7 unspecified atom stereocenters. The molecule has 7 atom stereocenters. The van der Waals surface area contributed by atoms with Gasteiger partial charge in [0, 0.05) is 24.9 Å². The third kappa shape index (κ3) is 5.24. The van der Waals surface area contributed by atoms with Gasteiger partial charge in [-0.3, -0.25) is 10.1 Å². The molecule has 1 aromatic carbocycles. The number of epoxide rings is 1. The zero-order chi connectivity index (χ0) is 27.3. The van der Waals surface area contributed by atoms with Gasteiger partial charge >= 0.3 is 6.09 Å². The van der Waals surface area contributed by atoms with Crippen molar-refractivity contribution in [3.05, 3.63) is 47.1 Å². The SMILES string of the molecule is C/C1=C\C=C\C(O)C2(O)CC(OC(=O)N2)C(C)C2OC2(C)C(O)CC(=O)N(C)c2cc(cc(O)c2C)C1. The lowest BCUT2D eigenvalue weighted by atomic mass is 9.84. The van der Waals surface area contributed by atoms with Gasteiger partial charge in [0.05, 0.1) is 24.3 Å². The molecule has 10 nitrogen and oxygen atoms in total. The number of hydrogen-bond donors (Lipinski definition) is 5. The number of rotatable bonds is 0. The number of aliphatic hydroxyl groups excluding tert-OH is 2. The minimum Gasteiger partial charge on any atom is -0.508 e. The molecule has 4 rings (SSSR count). The molecule has 2 fully saturated rings. The Hall–Kier alpha value is -2.92. The number of anilines is 1. The number of hydrogen-bond acceptors (Lipinski definition) is 8. The number of carbonyl (C=O) groups excluding carboxylic acids is 2. The van der Waals surface area contributed by atoms with Gasteiger partial charge in [-0.15, -0.1) is 0 Å². The number of aromatic hydroxyl groups is 1. The largest absolute Gasteiger partial charge is 0.508 e. The Balaban J connectivity index is 1.71. The van der Waals surface area contributed by atoms with Crippen LogP contribution in [0.15, 0.2) is 35.9 Å². The normalized spacial score (nSPS) is 39.1. The van der Waals surface area contributed by atoms with Gasteiger partial charge in [-0.2, -0.15) is 0 Å². The number of amides is 2. The molecule has 0 aromatic heterocycles. The van der Waals surface area contributed by atoms with Gasteiger partial charge in [0.15, 0.2) is 5.72 Å². The molecular weight excluding hydrogens is 480 g/mol. The van der Waals surface area contributed by atoms with Gasteiger partial charge < -0.3 is 34.8 Å². The van der Waals surface area contributed by atoms with E-state index in [4.69, 9.17) is 9.47 Å². The molecule has 2 amide bonds. The molecule has 3 aliphatic rings. The van der Waals surface area contributed by atoms with Crippen molar-refractivity contribution in [3.8, 4) is 5.75 Å². The first kappa shape index (κ1) is 27.1. The Kier molecular flexibility index (Phi) is 7.15. The molecule has 0 aliphatic carbocycles. The highest BCUT2D eigenvalue weighted by Crippen LogP contribution is 2.47. The number of aliphatic hydroxyl groups is 3. The Morgan fingerprint density at radius 1 is 1.19 bits per heavy atom. The summed E-state index contributed by atoms with van der Waals surface area (Å²) in [5, 5.41) is 45.6. The highest BCUT2D eigenvalue weighted by Gasteiger charge is 2.62. The van der Waals surface area contributed by atoms with Crippen LogP contribution in [0.25, 0.3) is 0 Å². The third-order valence-corrected chi connectivity index (χ3v) is 7.87. The lowest BCUT2D eigenvalue weighted by molar-refractivity contribution is -0.133. The number of phenolic OH excluding ortho intramolecular Hbond substituents is 1. The fraction of sp³-hybridized carbons (Fsp3) is 0.556. The van der Waals surface area contributed by atoms with Crippen molar-refractivity contribution in [1.29, 1.82) is 0 Å². The summed E-state index contributed by atoms with van der Waals surface area (Å²) < 4.78 is 11.2. The quantitative estimate of drug-likeness (QED) is 0.328. The highest BCUT2D eigenvalue weighted by atomic mass is 16.6. The average Bonchev–Trinajstić information content (AvgIpc) is 3.51. The van der Waals surface area contributed by atoms with E-state index in [1.54, 1.807) is 46.0 Å². The molecule has 1 aromatic rings. The summed E-state index contributed by atoms with van der Waals surface area (Å²) in [4.78, 5) is 26.8. The Bertz CT molecular complexity index is 1150. The molecule has 4 bridgehead atoms. The van der Waals surface area contributed by atoms with Gasteiger partial charge in [-0.05, 0) is 44.9 Å². The number of phenols is 1. The topological polar surface area (TPSA) is 152 Å². The molecule has 37 heavy (non-hydrogen) atoms. The van der Waals surface area contributed by atoms with Gasteiger partial charge in [0.1, 0.15) is 23.6 Å². The van der Waals surface area contributed by atoms with E-state index in [0.29, 0.717) is 17.7 Å². The fourth-order valence-electron chi connectivity index (χ4n) is 5.26. The molecule has 10 heteroatoms. The minimum absolute atomic E-state index is 0.0500. The molecule has 5 N–H and O–H groups in total. The van der Waals surface area contributed by atoms with E-state index >= 15 is 0 Å². The molecule has 2 saturated heterocycles. The van der Waals surface area contributed by atoms with Crippen LogP contribution in [-0.4, -0.2) is 75.2 Å². The minimum atomic E-state index is -1.96. The van der Waals surface area contributed by atoms with Gasteiger partial charge in [0.25, 0.3) is 0 Å². The highest BCUT2D eigenvalue weighted by molar-refractivity contribution is 5.94. The molecule has 202 valence electrons. The predicted molar refractivity (Wildman–Crippen MR) is 135 cm³/mol. The Labute approximate surface area is 216 Å². The summed E-state index contributed by atoms with van der Waals surface area (Å²) in [5.74, 6) is -0.746. The molecule has 0 spiro atoms. The van der Waals surface area contributed by atoms with Crippen LogP contribution in [0, 0.1) is 12.8 Å². The van der Waals surface area contributed by atoms with Crippen LogP contribution in [0.3, 0.4) is 0 Å². The second kappa shape index (κ2) is 9.75. The van der Waals surface area contributed by atoms with E-state index < -0.39 is 47.8 Å². The van der Waals surface area contributed by atoms with Gasteiger partial charge in [0.2, 0.25) is 5.91 Å². The van der Waals surface area contributed by atoms with Crippen LogP contribution < -0.4 is 10.2 Å². The van der Waals surface area contributed by atoms with Crippen molar-refractivity contribution in [2.75, 3.05) is 11.9 Å². The fourth-order valence-corrected chi connectivity index (χ4v) is 5.26. The second-order valence-electron chi connectivity index (χ2n) is 10.7. The zero-order valence-electron chi connectivity index (χ0n) is 21.8. The smallest absolute Gasteiger partial charge is 0.409 e. The van der Waals surface area contributed by atoms with Crippen LogP contribution in [0.4, 0.5) is 10.5 Å². The van der Waals surface area contributed by atoms with Crippen molar-refractivity contribution in [3.63, 3.8) is 0 Å². The van der Waals surface area contributed by atoms with Crippen molar-refractivity contribution in [1.82, 2.24) is 5.32 Å². The van der Waals surface area contributed by atoms with E-state index in [-0.39, 0.29) is 24.5 Å². The zero-order valence-corrected chi connectivity index (χ0v) is 21.8. The lowest BCUT2D eigenvalue weighted by Crippen LogP contribution is -2.63. The number of allylic oxidation sites excluding steroid dienone is 3. The van der Waals surface area contributed by atoms with E-state index in [2.05, 4.69) is 5.32 Å². The monoisotopic (exact) mass is 516 g/mol. The summed E-state index contributed by atoms with van der Waals surface area (Å²) in [6, 6.07) is 3.46. The van der Waals surface area contributed by atoms with Crippen molar-refractivity contribution in [2.45, 2.75) is 82.7 Å². The van der Waals surface area contributed by atoms with E-state index in [9.17, 15) is 30.0 Å². The number of carbonyl (C=O) groups is 2. The first-order chi connectivity index (χ1) is 17.2. The number of nitrogens with zero attached hydrogens (tertiary/aromatic N) is 1. The van der Waals surface area contributed by atoms with Crippen LogP contribution in [-0.2, 0) is 20.7 Å². The Morgan fingerprint density at radius 2 is 1.89 bits per heavy atom. The van der Waals surface area contributed by atoms with Crippen LogP contribution >= 0.6 is 0 Å². The van der Waals surface area contributed by atoms with Crippen LogP contribution in [0.2, 0.25) is 0 Å². The third-order valence-electron chi connectivity index (χ3n) is 7.87. The molecule has 3 aliphatic heterocycles. The average molecular weight is 517 g/mol. The summed E-state index contributed by atoms with van der Waals surface area (Å²) in [5.41, 5.74) is -0.296. The van der Waals surface area contributed by atoms with Crippen LogP contribution in [0.1, 0.15) is 44.7 Å². The standard InChI is InChI=1S/C27H36N2O8/c1-14-7-6-8-21(31)27(35)13-20(36-25(34)28-27)16(3)24-26(4,37-24)22(32)12-23(33)29(5)18-10-17(9-14)11-19(30)15(18)2/h6-8,10-11,16,20-22,24,30-32,35H,9,12-13H2,1-5H3,(H,28,34)/b8-6+,14-7+. The van der Waals surface area contributed by atoms with Crippen LogP contribution in [0.5, 0.6) is 5.75 Å². The van der Waals surface area contributed by atoms with Gasteiger partial charge in [-0.25, -0.2) is 4.79 Å². The summed E-state index contributed by atoms with van der Waals surface area (Å²) in [6.07, 6.45) is 0.0749. The molecule has 0 radical (unpaired) electrons. The lowest BCUT2D eigenvalue weighted by Gasteiger charge is -2.41. The maximum Gasteiger partial charge on any atom is 0.409 e. The first-order valence-corrected chi connectivity index (χ1v) is 12.4. The number of ether oxygens (including phenoxy) is 2. The van der Waals surface area contributed by atoms with Crippen molar-refractivity contribution < 1.29 is 39.5 Å². The number of benzene rings is 1. The summed E-state index contributed by atoms with van der Waals surface area (Å²) in [6.45, 7) is 7.05. The van der Waals surface area contributed by atoms with Crippen molar-refractivity contribution in [2.24, 2.45) is 5.92 Å².